The molecule has 0 aliphatic carbocycles. The Morgan fingerprint density at radius 1 is 1.00 bits per heavy atom. The number of hydrogen-bond acceptors (Lipinski definition) is 8. The van der Waals surface area contributed by atoms with E-state index < -0.39 is 37.1 Å². The minimum atomic E-state index is -1.43. The molecule has 2 heterocycles. The molecule has 7 nitrogen and oxygen atoms in total. The zero-order valence-electron chi connectivity index (χ0n) is 15.9. The van der Waals surface area contributed by atoms with Crippen LogP contribution in [0.1, 0.15) is 22.8 Å². The van der Waals surface area contributed by atoms with Gasteiger partial charge >= 0.3 is 0 Å². The number of hydrogen-bond donors (Lipinski definition) is 4. The normalized spacial score (nSPS) is 28.5. The number of aliphatic hydroxyl groups is 4. The third kappa shape index (κ3) is 3.96. The minimum Gasteiger partial charge on any atom is -0.454 e. The Bertz CT molecular complexity index is 855. The van der Waals surface area contributed by atoms with E-state index in [1.807, 2.05) is 12.3 Å². The van der Waals surface area contributed by atoms with Crippen LogP contribution in [0.4, 0.5) is 0 Å². The van der Waals surface area contributed by atoms with Crippen molar-refractivity contribution in [1.82, 2.24) is 0 Å². The second-order valence-corrected chi connectivity index (χ2v) is 8.07. The molecule has 0 spiro atoms. The molecule has 0 aromatic heterocycles. The molecule has 2 aliphatic rings. The van der Waals surface area contributed by atoms with E-state index in [1.165, 1.54) is 4.90 Å². The molecule has 0 amide bonds. The largest absolute Gasteiger partial charge is 0.454 e. The fourth-order valence-electron chi connectivity index (χ4n) is 3.74. The maximum atomic E-state index is 10.5. The first-order valence-electron chi connectivity index (χ1n) is 9.37. The second kappa shape index (κ2) is 8.51. The summed E-state index contributed by atoms with van der Waals surface area (Å²) < 4.78 is 16.9. The van der Waals surface area contributed by atoms with Crippen LogP contribution in [0.25, 0.3) is 0 Å². The Morgan fingerprint density at radius 2 is 1.76 bits per heavy atom. The zero-order chi connectivity index (χ0) is 20.5. The summed E-state index contributed by atoms with van der Waals surface area (Å²) in [4.78, 5) is 1.17. The third-order valence-corrected chi connectivity index (χ3v) is 6.09. The topological polar surface area (TPSA) is 109 Å². The van der Waals surface area contributed by atoms with Crippen LogP contribution in [0.3, 0.4) is 0 Å². The summed E-state index contributed by atoms with van der Waals surface area (Å²) in [5.41, 5.74) is 2.54. The number of fused-ring (bicyclic) bond motifs is 1. The SMILES string of the molecule is CSc1ccc(Cc2cc([C@@H]3O[C@H](CO)[C@@H](O)[C@H](O)[C@H]3O)cc3c2OCO3)cc1. The molecule has 4 N–H and O–H groups in total. The highest BCUT2D eigenvalue weighted by Crippen LogP contribution is 2.42. The Hall–Kier alpha value is -1.81. The van der Waals surface area contributed by atoms with Crippen LogP contribution in [0.15, 0.2) is 41.3 Å². The Morgan fingerprint density at radius 3 is 2.45 bits per heavy atom. The second-order valence-electron chi connectivity index (χ2n) is 7.19. The van der Waals surface area contributed by atoms with Gasteiger partial charge in [-0.1, -0.05) is 12.1 Å². The van der Waals surface area contributed by atoms with Crippen molar-refractivity contribution in [2.24, 2.45) is 0 Å². The molecule has 1 fully saturated rings. The van der Waals surface area contributed by atoms with Crippen molar-refractivity contribution < 1.29 is 34.6 Å². The number of aliphatic hydroxyl groups excluding tert-OH is 4. The average molecular weight is 420 g/mol. The van der Waals surface area contributed by atoms with Gasteiger partial charge in [0.1, 0.15) is 30.5 Å². The highest BCUT2D eigenvalue weighted by atomic mass is 32.2. The molecular weight excluding hydrogens is 396 g/mol. The Balaban J connectivity index is 1.67. The van der Waals surface area contributed by atoms with Gasteiger partial charge in [-0.25, -0.2) is 0 Å². The highest BCUT2D eigenvalue weighted by Gasteiger charge is 2.44. The van der Waals surface area contributed by atoms with Gasteiger partial charge in [0.15, 0.2) is 11.5 Å². The van der Waals surface area contributed by atoms with Crippen LogP contribution in [0, 0.1) is 0 Å². The molecule has 156 valence electrons. The van der Waals surface area contributed by atoms with E-state index in [0.717, 1.165) is 11.1 Å². The quantitative estimate of drug-likeness (QED) is 0.535. The van der Waals surface area contributed by atoms with Crippen molar-refractivity contribution in [1.29, 1.82) is 0 Å². The maximum Gasteiger partial charge on any atom is 0.231 e. The van der Waals surface area contributed by atoms with Crippen molar-refractivity contribution >= 4 is 11.8 Å². The van der Waals surface area contributed by atoms with E-state index >= 15 is 0 Å². The zero-order valence-corrected chi connectivity index (χ0v) is 16.7. The summed E-state index contributed by atoms with van der Waals surface area (Å²) in [7, 11) is 0. The smallest absolute Gasteiger partial charge is 0.231 e. The van der Waals surface area contributed by atoms with Crippen molar-refractivity contribution in [2.75, 3.05) is 19.7 Å². The van der Waals surface area contributed by atoms with Gasteiger partial charge in [0, 0.05) is 16.9 Å². The standard InChI is InChI=1S/C21H24O7S/c1-29-14-4-2-11(3-5-14)6-12-7-13(8-15-20(12)27-10-26-15)21-19(25)18(24)17(23)16(9-22)28-21/h2-5,7-8,16-19,21-25H,6,9-10H2,1H3/t16-,17-,18+,19-,21+/m1/s1. The number of thioether (sulfide) groups is 1. The van der Waals surface area contributed by atoms with Crippen LogP contribution in [0.5, 0.6) is 11.5 Å². The van der Waals surface area contributed by atoms with E-state index in [2.05, 4.69) is 24.3 Å². The lowest BCUT2D eigenvalue weighted by molar-refractivity contribution is -0.231. The summed E-state index contributed by atoms with van der Waals surface area (Å²) in [6.07, 6.45) is -3.44. The van der Waals surface area contributed by atoms with Gasteiger partial charge < -0.3 is 34.6 Å². The molecule has 2 aliphatic heterocycles. The molecular formula is C21H24O7S. The van der Waals surface area contributed by atoms with Gasteiger partial charge in [-0.15, -0.1) is 11.8 Å². The molecule has 1 saturated heterocycles. The fourth-order valence-corrected chi connectivity index (χ4v) is 4.15. The Kier molecular flexibility index (Phi) is 6.00. The van der Waals surface area contributed by atoms with E-state index in [1.54, 1.807) is 17.8 Å². The molecule has 0 bridgehead atoms. The van der Waals surface area contributed by atoms with Gasteiger partial charge in [0.25, 0.3) is 0 Å². The van der Waals surface area contributed by atoms with Crippen LogP contribution in [0.2, 0.25) is 0 Å². The summed E-state index contributed by atoms with van der Waals surface area (Å²) in [5, 5.41) is 40.1. The number of benzene rings is 2. The first-order valence-corrected chi connectivity index (χ1v) is 10.6. The first kappa shape index (κ1) is 20.5. The molecule has 29 heavy (non-hydrogen) atoms. The lowest BCUT2D eigenvalue weighted by atomic mass is 9.89. The molecule has 5 atom stereocenters. The molecule has 4 rings (SSSR count). The van der Waals surface area contributed by atoms with Crippen LogP contribution in [-0.2, 0) is 11.2 Å². The average Bonchev–Trinajstić information content (AvgIpc) is 3.22. The van der Waals surface area contributed by atoms with Gasteiger partial charge in [-0.2, -0.15) is 0 Å². The maximum absolute atomic E-state index is 10.5. The van der Waals surface area contributed by atoms with Crippen molar-refractivity contribution in [3.8, 4) is 11.5 Å². The first-order chi connectivity index (χ1) is 14.0. The lowest BCUT2D eigenvalue weighted by Gasteiger charge is -2.40. The number of ether oxygens (including phenoxy) is 3. The van der Waals surface area contributed by atoms with E-state index in [0.29, 0.717) is 23.5 Å². The van der Waals surface area contributed by atoms with Crippen molar-refractivity contribution in [2.45, 2.75) is 41.8 Å². The molecule has 2 aromatic rings. The van der Waals surface area contributed by atoms with Crippen LogP contribution < -0.4 is 9.47 Å². The monoisotopic (exact) mass is 420 g/mol. The molecule has 2 aromatic carbocycles. The van der Waals surface area contributed by atoms with Crippen molar-refractivity contribution in [3.63, 3.8) is 0 Å². The van der Waals surface area contributed by atoms with Gasteiger partial charge in [0.2, 0.25) is 6.79 Å². The summed E-state index contributed by atoms with van der Waals surface area (Å²) in [6.45, 7) is -0.369. The summed E-state index contributed by atoms with van der Waals surface area (Å²) in [6, 6.07) is 11.8. The van der Waals surface area contributed by atoms with Gasteiger partial charge in [0.05, 0.1) is 6.61 Å². The summed E-state index contributed by atoms with van der Waals surface area (Å²) >= 11 is 1.67. The highest BCUT2D eigenvalue weighted by molar-refractivity contribution is 7.98. The fraction of sp³-hybridized carbons (Fsp3) is 0.429. The van der Waals surface area contributed by atoms with Gasteiger partial charge in [-0.05, 0) is 41.6 Å². The Labute approximate surface area is 172 Å². The van der Waals surface area contributed by atoms with Crippen LogP contribution in [-0.4, -0.2) is 64.5 Å². The minimum absolute atomic E-state index is 0.103. The lowest BCUT2D eigenvalue weighted by Crippen LogP contribution is -2.55. The molecule has 8 heteroatoms. The molecule has 0 radical (unpaired) electrons. The van der Waals surface area contributed by atoms with E-state index in [4.69, 9.17) is 14.2 Å². The number of rotatable bonds is 5. The van der Waals surface area contributed by atoms with E-state index in [9.17, 15) is 20.4 Å². The molecule has 0 saturated carbocycles. The van der Waals surface area contributed by atoms with Crippen LogP contribution >= 0.6 is 11.8 Å². The molecule has 0 unspecified atom stereocenters. The van der Waals surface area contributed by atoms with Crippen molar-refractivity contribution in [3.05, 3.63) is 53.1 Å². The predicted molar refractivity (Wildman–Crippen MR) is 106 cm³/mol. The summed E-state index contributed by atoms with van der Waals surface area (Å²) in [5.74, 6) is 1.18. The third-order valence-electron chi connectivity index (χ3n) is 5.35. The van der Waals surface area contributed by atoms with E-state index in [-0.39, 0.29) is 6.79 Å². The van der Waals surface area contributed by atoms with Gasteiger partial charge in [-0.3, -0.25) is 0 Å². The predicted octanol–water partition coefficient (Wildman–Crippen LogP) is 1.24.